The number of fused-ring (bicyclic) bond motifs is 1. The molecule has 69 heavy (non-hydrogen) atoms. The summed E-state index contributed by atoms with van der Waals surface area (Å²) in [5.74, 6) is -2.53. The summed E-state index contributed by atoms with van der Waals surface area (Å²) in [5, 5.41) is 31.2. The standard InChI is InChI=1S/C51H85N7O11/c1-31-26-50(6,63)46(69-49-44(40(55(8)9)24-32(2)66-49)65-23-15-18-52-41(59)30-58-21-19-56(10)20-22-58)33(3)43(68-42-27-51(7,64-12)45(60)35(5)67-42)34(4)47(61)54-39(48(62)57(11)29-31)25-36-28-53-38-17-14-13-16-37(36)38/h13-14,16-17,28,31-35,39-40,42-46,49,53,60,63H,15,18-27,29-30H2,1-12H3,(H,52,59)(H,54,61)/t31-,32-,33+,34-,35+,39+,40+,42+,43+,44-,45+,46-,49+,50-,51-/m1/s1. The van der Waals surface area contributed by atoms with Crippen molar-refractivity contribution in [3.8, 4) is 0 Å². The van der Waals surface area contributed by atoms with Gasteiger partial charge in [0.1, 0.15) is 18.2 Å². The summed E-state index contributed by atoms with van der Waals surface area (Å²) in [6, 6.07) is 6.82. The third kappa shape index (κ3) is 13.8. The number of carbonyl (C=O) groups excluding carboxylic acids is 3. The molecule has 390 valence electrons. The molecule has 6 rings (SSSR count). The van der Waals surface area contributed by atoms with E-state index in [2.05, 4.69) is 37.4 Å². The molecule has 4 fully saturated rings. The molecule has 0 unspecified atom stereocenters. The van der Waals surface area contributed by atoms with Crippen LogP contribution in [0.1, 0.15) is 79.7 Å². The van der Waals surface area contributed by atoms with Crippen LogP contribution >= 0.6 is 0 Å². The Balaban J connectivity index is 1.30. The van der Waals surface area contributed by atoms with Crippen molar-refractivity contribution in [2.24, 2.45) is 17.8 Å². The van der Waals surface area contributed by atoms with Crippen LogP contribution in [0.3, 0.4) is 0 Å². The fraction of sp³-hybridized carbons (Fsp3) is 0.784. The van der Waals surface area contributed by atoms with Crippen LogP contribution in [-0.4, -0.2) is 213 Å². The average Bonchev–Trinajstić information content (AvgIpc) is 3.70. The summed E-state index contributed by atoms with van der Waals surface area (Å²) in [6.07, 6.45) is -2.57. The van der Waals surface area contributed by atoms with Crippen LogP contribution in [0.2, 0.25) is 0 Å². The van der Waals surface area contributed by atoms with Gasteiger partial charge in [-0.15, -0.1) is 0 Å². The van der Waals surface area contributed by atoms with Crippen LogP contribution in [0.5, 0.6) is 0 Å². The normalized spacial score (nSPS) is 37.3. The lowest BCUT2D eigenvalue weighted by atomic mass is 9.77. The maximum Gasteiger partial charge on any atom is 0.245 e. The second kappa shape index (κ2) is 24.0. The molecule has 5 N–H and O–H groups in total. The van der Waals surface area contributed by atoms with Gasteiger partial charge in [-0.3, -0.25) is 19.3 Å². The lowest BCUT2D eigenvalue weighted by Crippen LogP contribution is -2.61. The van der Waals surface area contributed by atoms with Crippen molar-refractivity contribution in [1.29, 1.82) is 0 Å². The van der Waals surface area contributed by atoms with E-state index in [1.54, 1.807) is 39.6 Å². The average molecular weight is 972 g/mol. The number of ether oxygens (including phenoxy) is 6. The van der Waals surface area contributed by atoms with Gasteiger partial charge in [0, 0.05) is 102 Å². The number of aromatic nitrogens is 1. The highest BCUT2D eigenvalue weighted by molar-refractivity contribution is 5.90. The van der Waals surface area contributed by atoms with E-state index in [1.165, 1.54) is 7.11 Å². The van der Waals surface area contributed by atoms with E-state index in [-0.39, 0.29) is 49.1 Å². The van der Waals surface area contributed by atoms with Crippen molar-refractivity contribution in [3.05, 3.63) is 36.0 Å². The molecule has 4 saturated heterocycles. The number of benzene rings is 1. The molecule has 1 aromatic heterocycles. The van der Waals surface area contributed by atoms with Gasteiger partial charge in [0.05, 0.1) is 48.1 Å². The minimum atomic E-state index is -1.56. The van der Waals surface area contributed by atoms with Crippen LogP contribution in [0.25, 0.3) is 10.9 Å². The molecular weight excluding hydrogens is 887 g/mol. The predicted molar refractivity (Wildman–Crippen MR) is 262 cm³/mol. The SMILES string of the molecule is CO[C@]1(C)C[C@H](O[C@H]2[C@H](C)[C@@H](O[C@@H]3O[C@H](C)C[C@H](N(C)C)[C@H]3OCCCNC(=O)CN3CCN(C)CC3)[C@](C)(O)C[C@@H](C)CN(C)C(=O)[C@H](Cc3c[nH]c4ccccc34)NC(=O)[C@@H]2C)O[C@@H](C)[C@@H]1O. The minimum absolute atomic E-state index is 0.0124. The highest BCUT2D eigenvalue weighted by atomic mass is 16.7. The van der Waals surface area contributed by atoms with Gasteiger partial charge >= 0.3 is 0 Å². The number of amides is 3. The lowest BCUT2D eigenvalue weighted by molar-refractivity contribution is -0.320. The molecule has 2 aromatic rings. The maximum atomic E-state index is 14.9. The zero-order valence-electron chi connectivity index (χ0n) is 43.4. The number of carbonyl (C=O) groups is 3. The third-order valence-electron chi connectivity index (χ3n) is 15.2. The number of aliphatic hydroxyl groups excluding tert-OH is 1. The van der Waals surface area contributed by atoms with E-state index in [1.807, 2.05) is 65.3 Å². The van der Waals surface area contributed by atoms with Gasteiger partial charge < -0.3 is 69.0 Å². The van der Waals surface area contributed by atoms with Crippen LogP contribution in [-0.2, 0) is 49.2 Å². The Morgan fingerprint density at radius 1 is 0.986 bits per heavy atom. The van der Waals surface area contributed by atoms with E-state index in [0.29, 0.717) is 39.1 Å². The summed E-state index contributed by atoms with van der Waals surface area (Å²) in [5.41, 5.74) is -0.767. The summed E-state index contributed by atoms with van der Waals surface area (Å²) in [4.78, 5) is 53.7. The van der Waals surface area contributed by atoms with Gasteiger partial charge in [0.15, 0.2) is 12.6 Å². The Morgan fingerprint density at radius 2 is 1.70 bits per heavy atom. The number of aromatic amines is 1. The number of methoxy groups -OCH3 is 1. The Morgan fingerprint density at radius 3 is 2.39 bits per heavy atom. The molecule has 0 aliphatic carbocycles. The predicted octanol–water partition coefficient (Wildman–Crippen LogP) is 2.59. The molecule has 0 bridgehead atoms. The Bertz CT molecular complexity index is 1980. The van der Waals surface area contributed by atoms with Crippen molar-refractivity contribution in [3.63, 3.8) is 0 Å². The first-order valence-corrected chi connectivity index (χ1v) is 25.2. The van der Waals surface area contributed by atoms with Crippen molar-refractivity contribution >= 4 is 28.6 Å². The Kier molecular flexibility index (Phi) is 19.1. The van der Waals surface area contributed by atoms with E-state index in [0.717, 1.165) is 42.6 Å². The van der Waals surface area contributed by atoms with Gasteiger partial charge in [-0.25, -0.2) is 0 Å². The van der Waals surface area contributed by atoms with Gasteiger partial charge in [-0.1, -0.05) is 39.0 Å². The second-order valence-electron chi connectivity index (χ2n) is 21.5. The van der Waals surface area contributed by atoms with E-state index < -0.39 is 78.1 Å². The molecule has 18 heteroatoms. The molecule has 15 atom stereocenters. The zero-order valence-corrected chi connectivity index (χ0v) is 43.4. The molecule has 0 spiro atoms. The molecule has 0 radical (unpaired) electrons. The van der Waals surface area contributed by atoms with Gasteiger partial charge in [-0.2, -0.15) is 0 Å². The summed E-state index contributed by atoms with van der Waals surface area (Å²) >= 11 is 0. The van der Waals surface area contributed by atoms with E-state index in [9.17, 15) is 24.6 Å². The molecule has 3 amide bonds. The molecule has 18 nitrogen and oxygen atoms in total. The number of aliphatic hydroxyl groups is 2. The summed E-state index contributed by atoms with van der Waals surface area (Å²) in [6.45, 7) is 18.0. The van der Waals surface area contributed by atoms with Crippen LogP contribution in [0.4, 0.5) is 0 Å². The summed E-state index contributed by atoms with van der Waals surface area (Å²) in [7, 11) is 9.36. The van der Waals surface area contributed by atoms with E-state index >= 15 is 0 Å². The van der Waals surface area contributed by atoms with Crippen molar-refractivity contribution in [2.75, 3.05) is 87.7 Å². The molecule has 1 aromatic carbocycles. The number of rotatable bonds is 15. The number of likely N-dealkylation sites (N-methyl/N-ethyl adjacent to an activating group) is 3. The van der Waals surface area contributed by atoms with Gasteiger partial charge in [0.25, 0.3) is 0 Å². The van der Waals surface area contributed by atoms with Crippen molar-refractivity contribution in [1.82, 2.24) is 35.2 Å². The Hall–Kier alpha value is -3.27. The molecular formula is C51H85N7O11. The lowest BCUT2D eigenvalue weighted by Gasteiger charge is -2.49. The summed E-state index contributed by atoms with van der Waals surface area (Å²) < 4.78 is 39.6. The topological polar surface area (TPSA) is 200 Å². The van der Waals surface area contributed by atoms with Gasteiger partial charge in [-0.05, 0) is 85.6 Å². The number of H-pyrrole nitrogens is 1. The highest BCUT2D eigenvalue weighted by Crippen LogP contribution is 2.40. The fourth-order valence-corrected chi connectivity index (χ4v) is 11.1. The second-order valence-corrected chi connectivity index (χ2v) is 21.5. The maximum absolute atomic E-state index is 14.9. The van der Waals surface area contributed by atoms with Crippen LogP contribution in [0.15, 0.2) is 30.5 Å². The number of nitrogens with zero attached hydrogens (tertiary/aromatic N) is 4. The van der Waals surface area contributed by atoms with Gasteiger partial charge in [0.2, 0.25) is 17.7 Å². The largest absolute Gasteiger partial charge is 0.387 e. The van der Waals surface area contributed by atoms with Crippen molar-refractivity contribution < 1.29 is 53.0 Å². The van der Waals surface area contributed by atoms with Crippen molar-refractivity contribution in [2.45, 2.75) is 153 Å². The highest BCUT2D eigenvalue weighted by Gasteiger charge is 2.52. The number of hydrogen-bond acceptors (Lipinski definition) is 14. The third-order valence-corrected chi connectivity index (χ3v) is 15.2. The Labute approximate surface area is 410 Å². The smallest absolute Gasteiger partial charge is 0.245 e. The number of nitrogens with one attached hydrogen (secondary N) is 3. The number of hydrogen-bond donors (Lipinski definition) is 5. The number of piperazine rings is 1. The monoisotopic (exact) mass is 972 g/mol. The first kappa shape index (κ1) is 55.1. The molecule has 4 aliphatic heterocycles. The fourth-order valence-electron chi connectivity index (χ4n) is 11.1. The minimum Gasteiger partial charge on any atom is -0.387 e. The number of para-hydroxylation sites is 1. The van der Waals surface area contributed by atoms with Crippen LogP contribution in [0, 0.1) is 17.8 Å². The molecule has 5 heterocycles. The molecule has 4 aliphatic rings. The quantitative estimate of drug-likeness (QED) is 0.163. The molecule has 0 saturated carbocycles. The van der Waals surface area contributed by atoms with Crippen LogP contribution < -0.4 is 10.6 Å². The van der Waals surface area contributed by atoms with E-state index in [4.69, 9.17) is 28.4 Å². The zero-order chi connectivity index (χ0) is 50.4. The first-order chi connectivity index (χ1) is 32.6. The first-order valence-electron chi connectivity index (χ1n) is 25.2.